The van der Waals surface area contributed by atoms with Crippen molar-refractivity contribution in [1.82, 2.24) is 0 Å². The Morgan fingerprint density at radius 2 is 2.00 bits per heavy atom. The number of nitrogens with two attached hydrogens (primary N) is 1. The minimum Gasteiger partial charge on any atom is -0.396 e. The smallest absolute Gasteiger partial charge is 0.396 e. The van der Waals surface area contributed by atoms with Gasteiger partial charge in [0.1, 0.15) is 0 Å². The zero-order chi connectivity index (χ0) is 14.5. The molecule has 19 heavy (non-hydrogen) atoms. The molecule has 3 N–H and O–H groups in total. The first-order valence-electron chi connectivity index (χ1n) is 5.65. The molecule has 0 aliphatic heterocycles. The van der Waals surface area contributed by atoms with Crippen molar-refractivity contribution in [2.75, 3.05) is 6.61 Å². The van der Waals surface area contributed by atoms with Gasteiger partial charge in [0.05, 0.1) is 11.3 Å². The van der Waals surface area contributed by atoms with Crippen molar-refractivity contribution in [3.63, 3.8) is 0 Å². The first-order chi connectivity index (χ1) is 8.90. The maximum Gasteiger partial charge on any atom is 0.416 e. The fourth-order valence-electron chi connectivity index (χ4n) is 1.60. The van der Waals surface area contributed by atoms with Gasteiger partial charge in [-0.25, -0.2) is 0 Å². The molecule has 1 rings (SSSR count). The third-order valence-corrected chi connectivity index (χ3v) is 2.91. The second kappa shape index (κ2) is 6.77. The summed E-state index contributed by atoms with van der Waals surface area (Å²) in [5.74, 6) is 5.20. The van der Waals surface area contributed by atoms with Gasteiger partial charge in [0.15, 0.2) is 0 Å². The van der Waals surface area contributed by atoms with Gasteiger partial charge in [-0.1, -0.05) is 11.6 Å². The summed E-state index contributed by atoms with van der Waals surface area (Å²) in [6.45, 7) is 0.00811. The first kappa shape index (κ1) is 15.8. The molecular weight excluding hydrogens is 281 g/mol. The molecule has 0 saturated heterocycles. The van der Waals surface area contributed by atoms with Crippen molar-refractivity contribution in [1.29, 1.82) is 0 Å². The van der Waals surface area contributed by atoms with Crippen molar-refractivity contribution < 1.29 is 18.3 Å². The molecule has 0 radical (unpaired) electrons. The number of alkyl halides is 3. The van der Waals surface area contributed by atoms with Crippen LogP contribution < -0.4 is 5.84 Å². The molecular formula is C12H14ClF3N2O. The van der Waals surface area contributed by atoms with E-state index in [1.54, 1.807) is 0 Å². The molecule has 0 bridgehead atoms. The molecule has 0 saturated carbocycles. The SMILES string of the molecule is NN=C(CCCCO)c1cc(C(F)(F)F)ccc1Cl. The van der Waals surface area contributed by atoms with E-state index in [0.717, 1.165) is 12.1 Å². The number of benzene rings is 1. The molecule has 1 aromatic carbocycles. The van der Waals surface area contributed by atoms with Crippen LogP contribution in [0.1, 0.15) is 30.4 Å². The van der Waals surface area contributed by atoms with Gasteiger partial charge >= 0.3 is 6.18 Å². The highest BCUT2D eigenvalue weighted by molar-refractivity contribution is 6.34. The van der Waals surface area contributed by atoms with Gasteiger partial charge in [-0.15, -0.1) is 0 Å². The fraction of sp³-hybridized carbons (Fsp3) is 0.417. The summed E-state index contributed by atoms with van der Waals surface area (Å²) in [5.41, 5.74) is -0.323. The van der Waals surface area contributed by atoms with Crippen LogP contribution in [0.5, 0.6) is 0 Å². The molecule has 3 nitrogen and oxygen atoms in total. The summed E-state index contributed by atoms with van der Waals surface area (Å²) in [6, 6.07) is 3.03. The van der Waals surface area contributed by atoms with E-state index < -0.39 is 11.7 Å². The highest BCUT2D eigenvalue weighted by atomic mass is 35.5. The Bertz CT molecular complexity index is 461. The van der Waals surface area contributed by atoms with Crippen LogP contribution in [0.4, 0.5) is 13.2 Å². The normalized spacial score (nSPS) is 12.8. The quantitative estimate of drug-likeness (QED) is 0.379. The molecule has 0 spiro atoms. The zero-order valence-corrected chi connectivity index (χ0v) is 10.8. The van der Waals surface area contributed by atoms with Crippen LogP contribution in [0.3, 0.4) is 0 Å². The molecule has 0 heterocycles. The number of aliphatic hydroxyl groups is 1. The van der Waals surface area contributed by atoms with Crippen molar-refractivity contribution in [2.45, 2.75) is 25.4 Å². The summed E-state index contributed by atoms with van der Waals surface area (Å²) in [4.78, 5) is 0. The molecule has 0 aliphatic carbocycles. The van der Waals surface area contributed by atoms with Crippen LogP contribution in [-0.4, -0.2) is 17.4 Å². The molecule has 0 aliphatic rings. The minimum absolute atomic E-state index is 0.00811. The zero-order valence-electron chi connectivity index (χ0n) is 10.0. The van der Waals surface area contributed by atoms with E-state index in [4.69, 9.17) is 22.6 Å². The summed E-state index contributed by atoms with van der Waals surface area (Å²) in [6.07, 6.45) is -2.99. The van der Waals surface area contributed by atoms with Gasteiger partial charge in [-0.3, -0.25) is 0 Å². The highest BCUT2D eigenvalue weighted by Crippen LogP contribution is 2.32. The Morgan fingerprint density at radius 1 is 1.32 bits per heavy atom. The first-order valence-corrected chi connectivity index (χ1v) is 6.02. The van der Waals surface area contributed by atoms with Crippen LogP contribution in [0.25, 0.3) is 0 Å². The van der Waals surface area contributed by atoms with Gasteiger partial charge in [0.25, 0.3) is 0 Å². The Labute approximate surface area is 113 Å². The predicted molar refractivity (Wildman–Crippen MR) is 68.1 cm³/mol. The third kappa shape index (κ3) is 4.40. The molecule has 0 fully saturated rings. The summed E-state index contributed by atoms with van der Waals surface area (Å²) < 4.78 is 37.9. The Balaban J connectivity index is 3.03. The van der Waals surface area contributed by atoms with Crippen LogP contribution in [0.15, 0.2) is 23.3 Å². The molecule has 0 aromatic heterocycles. The van der Waals surface area contributed by atoms with Crippen molar-refractivity contribution in [3.8, 4) is 0 Å². The van der Waals surface area contributed by atoms with Gasteiger partial charge in [-0.05, 0) is 37.5 Å². The number of aliphatic hydroxyl groups excluding tert-OH is 1. The number of hydrogen-bond donors (Lipinski definition) is 2. The Kier molecular flexibility index (Phi) is 5.62. The lowest BCUT2D eigenvalue weighted by Crippen LogP contribution is -2.10. The van der Waals surface area contributed by atoms with Gasteiger partial charge in [0, 0.05) is 17.2 Å². The highest BCUT2D eigenvalue weighted by Gasteiger charge is 2.31. The van der Waals surface area contributed by atoms with Crippen LogP contribution in [0.2, 0.25) is 5.02 Å². The topological polar surface area (TPSA) is 58.6 Å². The molecule has 1 aromatic rings. The number of unbranched alkanes of at least 4 members (excludes halogenated alkanes) is 1. The summed E-state index contributed by atoms with van der Waals surface area (Å²) in [5, 5.41) is 12.3. The number of nitrogens with zero attached hydrogens (tertiary/aromatic N) is 1. The fourth-order valence-corrected chi connectivity index (χ4v) is 1.82. The average Bonchev–Trinajstić information content (AvgIpc) is 2.34. The lowest BCUT2D eigenvalue weighted by atomic mass is 10.0. The number of hydrazone groups is 1. The second-order valence-electron chi connectivity index (χ2n) is 3.95. The lowest BCUT2D eigenvalue weighted by molar-refractivity contribution is -0.137. The molecule has 106 valence electrons. The van der Waals surface area contributed by atoms with Gasteiger partial charge in [-0.2, -0.15) is 18.3 Å². The standard InChI is InChI=1S/C12H14ClF3N2O/c13-10-5-4-8(12(14,15)16)7-9(10)11(18-17)3-1-2-6-19/h4-5,7,19H,1-3,6,17H2. The van der Waals surface area contributed by atoms with Gasteiger partial charge in [0.2, 0.25) is 0 Å². The minimum atomic E-state index is -4.44. The number of hydrogen-bond acceptors (Lipinski definition) is 3. The Hall–Kier alpha value is -1.27. The predicted octanol–water partition coefficient (Wildman–Crippen LogP) is 3.18. The molecule has 0 atom stereocenters. The summed E-state index contributed by atoms with van der Waals surface area (Å²) in [7, 11) is 0. The molecule has 0 unspecified atom stereocenters. The molecule has 0 amide bonds. The largest absolute Gasteiger partial charge is 0.416 e. The molecule has 7 heteroatoms. The number of rotatable bonds is 5. The van der Waals surface area contributed by atoms with E-state index in [2.05, 4.69) is 5.10 Å². The Morgan fingerprint density at radius 3 is 2.53 bits per heavy atom. The van der Waals surface area contributed by atoms with E-state index in [1.807, 2.05) is 0 Å². The van der Waals surface area contributed by atoms with Crippen molar-refractivity contribution in [2.24, 2.45) is 10.9 Å². The van der Waals surface area contributed by atoms with Crippen LogP contribution in [-0.2, 0) is 6.18 Å². The average molecular weight is 295 g/mol. The van der Waals surface area contributed by atoms with E-state index in [9.17, 15) is 13.2 Å². The van der Waals surface area contributed by atoms with E-state index in [0.29, 0.717) is 25.0 Å². The van der Waals surface area contributed by atoms with Crippen LogP contribution in [0, 0.1) is 0 Å². The lowest BCUT2D eigenvalue weighted by Gasteiger charge is -2.11. The monoisotopic (exact) mass is 294 g/mol. The van der Waals surface area contributed by atoms with E-state index >= 15 is 0 Å². The van der Waals surface area contributed by atoms with Crippen LogP contribution >= 0.6 is 11.6 Å². The van der Waals surface area contributed by atoms with Crippen molar-refractivity contribution in [3.05, 3.63) is 34.3 Å². The summed E-state index contributed by atoms with van der Waals surface area (Å²) >= 11 is 5.88. The third-order valence-electron chi connectivity index (χ3n) is 2.58. The van der Waals surface area contributed by atoms with E-state index in [-0.39, 0.29) is 17.2 Å². The second-order valence-corrected chi connectivity index (χ2v) is 4.36. The number of halogens is 4. The van der Waals surface area contributed by atoms with Gasteiger partial charge < -0.3 is 10.9 Å². The van der Waals surface area contributed by atoms with E-state index in [1.165, 1.54) is 6.07 Å². The maximum absolute atomic E-state index is 12.6. The maximum atomic E-state index is 12.6. The van der Waals surface area contributed by atoms with Crippen molar-refractivity contribution >= 4 is 17.3 Å².